The van der Waals surface area contributed by atoms with Crippen LogP contribution >= 0.6 is 0 Å². The van der Waals surface area contributed by atoms with E-state index >= 15 is 0 Å². The van der Waals surface area contributed by atoms with E-state index in [1.165, 1.54) is 0 Å². The molecule has 0 spiro atoms. The van der Waals surface area contributed by atoms with E-state index in [1.807, 2.05) is 13.8 Å². The molecule has 7 heteroatoms. The van der Waals surface area contributed by atoms with Gasteiger partial charge in [0.2, 0.25) is 10.0 Å². The first-order valence-corrected chi connectivity index (χ1v) is 9.16. The van der Waals surface area contributed by atoms with Crippen LogP contribution in [0.5, 0.6) is 0 Å². The molecule has 2 N–H and O–H groups in total. The Morgan fingerprint density at radius 1 is 1.20 bits per heavy atom. The minimum atomic E-state index is -3.16. The first kappa shape index (κ1) is 17.2. The van der Waals surface area contributed by atoms with Gasteiger partial charge in [-0.2, -0.15) is 0 Å². The molecule has 20 heavy (non-hydrogen) atoms. The van der Waals surface area contributed by atoms with Crippen LogP contribution in [0.1, 0.15) is 46.0 Å². The Kier molecular flexibility index (Phi) is 7.29. The second kappa shape index (κ2) is 8.46. The molecule has 118 valence electrons. The number of carbonyl (C=O) groups is 1. The molecule has 1 heterocycles. The zero-order chi connectivity index (χ0) is 15.0. The molecule has 1 aliphatic rings. The lowest BCUT2D eigenvalue weighted by atomic mass is 10.1. The lowest BCUT2D eigenvalue weighted by Gasteiger charge is -2.32. The molecule has 0 aromatic carbocycles. The molecule has 2 amide bonds. The van der Waals surface area contributed by atoms with Crippen molar-refractivity contribution in [2.75, 3.05) is 25.4 Å². The monoisotopic (exact) mass is 305 g/mol. The second-order valence-electron chi connectivity index (χ2n) is 5.28. The average Bonchev–Trinajstić information content (AvgIpc) is 2.43. The number of urea groups is 1. The van der Waals surface area contributed by atoms with Crippen molar-refractivity contribution in [1.82, 2.24) is 14.9 Å². The summed E-state index contributed by atoms with van der Waals surface area (Å²) in [7, 11) is -3.16. The summed E-state index contributed by atoms with van der Waals surface area (Å²) in [6, 6.07) is -0.0776. The van der Waals surface area contributed by atoms with Gasteiger partial charge in [-0.05, 0) is 25.7 Å². The predicted octanol–water partition coefficient (Wildman–Crippen LogP) is 1.29. The molecule has 1 fully saturated rings. The molecule has 0 aromatic rings. The van der Waals surface area contributed by atoms with E-state index in [0.717, 1.165) is 12.8 Å². The summed E-state index contributed by atoms with van der Waals surface area (Å²) in [4.78, 5) is 13.5. The van der Waals surface area contributed by atoms with Crippen LogP contribution in [0.25, 0.3) is 0 Å². The maximum absolute atomic E-state index is 11.8. The number of nitrogens with zero attached hydrogens (tertiary/aromatic N) is 1. The fourth-order valence-corrected chi connectivity index (χ4v) is 3.72. The third-order valence-corrected chi connectivity index (χ3v) is 4.94. The number of likely N-dealkylation sites (tertiary alicyclic amines) is 1. The number of hydrogen-bond donors (Lipinski definition) is 2. The minimum absolute atomic E-state index is 0.0351. The van der Waals surface area contributed by atoms with Crippen molar-refractivity contribution in [3.8, 4) is 0 Å². The quantitative estimate of drug-likeness (QED) is 0.744. The van der Waals surface area contributed by atoms with Crippen LogP contribution in [0.15, 0.2) is 0 Å². The van der Waals surface area contributed by atoms with Crippen molar-refractivity contribution in [3.63, 3.8) is 0 Å². The van der Waals surface area contributed by atoms with Crippen molar-refractivity contribution in [2.45, 2.75) is 52.0 Å². The third kappa shape index (κ3) is 6.09. The van der Waals surface area contributed by atoms with Gasteiger partial charge in [-0.3, -0.25) is 0 Å². The van der Waals surface area contributed by atoms with E-state index in [2.05, 4.69) is 10.0 Å². The maximum Gasteiger partial charge on any atom is 0.317 e. The van der Waals surface area contributed by atoms with Crippen molar-refractivity contribution >= 4 is 16.1 Å². The molecule has 0 radical (unpaired) electrons. The van der Waals surface area contributed by atoms with Gasteiger partial charge in [0.05, 0.1) is 5.75 Å². The van der Waals surface area contributed by atoms with E-state index in [1.54, 1.807) is 4.90 Å². The van der Waals surface area contributed by atoms with Crippen LogP contribution in [-0.2, 0) is 10.0 Å². The Labute approximate surface area is 122 Å². The molecule has 1 aliphatic heterocycles. The van der Waals surface area contributed by atoms with Crippen LogP contribution in [-0.4, -0.2) is 50.8 Å². The summed E-state index contributed by atoms with van der Waals surface area (Å²) >= 11 is 0. The summed E-state index contributed by atoms with van der Waals surface area (Å²) in [5.74, 6) is 0.195. The third-order valence-electron chi connectivity index (χ3n) is 3.42. The Morgan fingerprint density at radius 3 is 2.40 bits per heavy atom. The van der Waals surface area contributed by atoms with Gasteiger partial charge in [0.25, 0.3) is 0 Å². The Bertz CT molecular complexity index is 390. The fourth-order valence-electron chi connectivity index (χ4n) is 2.19. The largest absolute Gasteiger partial charge is 0.338 e. The minimum Gasteiger partial charge on any atom is -0.338 e. The highest BCUT2D eigenvalue weighted by atomic mass is 32.2. The van der Waals surface area contributed by atoms with Crippen LogP contribution < -0.4 is 10.0 Å². The van der Waals surface area contributed by atoms with Crippen molar-refractivity contribution in [3.05, 3.63) is 0 Å². The fraction of sp³-hybridized carbons (Fsp3) is 0.923. The smallest absolute Gasteiger partial charge is 0.317 e. The highest BCUT2D eigenvalue weighted by Crippen LogP contribution is 2.12. The first-order valence-electron chi connectivity index (χ1n) is 7.51. The number of piperidine rings is 1. The van der Waals surface area contributed by atoms with Crippen molar-refractivity contribution < 1.29 is 13.2 Å². The number of amides is 2. The van der Waals surface area contributed by atoms with E-state index < -0.39 is 10.0 Å². The average molecular weight is 305 g/mol. The molecule has 6 nitrogen and oxygen atoms in total. The van der Waals surface area contributed by atoms with Crippen LogP contribution in [0.4, 0.5) is 4.79 Å². The van der Waals surface area contributed by atoms with Gasteiger partial charge in [-0.15, -0.1) is 0 Å². The molecule has 1 rings (SSSR count). The maximum atomic E-state index is 11.8. The van der Waals surface area contributed by atoms with Crippen LogP contribution in [0.2, 0.25) is 0 Å². The number of unbranched alkanes of at least 4 members (excludes halogenated alkanes) is 1. The lowest BCUT2D eigenvalue weighted by molar-refractivity contribution is 0.180. The molecular weight excluding hydrogens is 278 g/mol. The molecule has 0 aromatic heterocycles. The first-order chi connectivity index (χ1) is 9.48. The second-order valence-corrected chi connectivity index (χ2v) is 7.16. The van der Waals surface area contributed by atoms with Crippen molar-refractivity contribution in [1.29, 1.82) is 0 Å². The Balaban J connectivity index is 2.33. The Hall–Kier alpha value is -0.820. The zero-order valence-corrected chi connectivity index (χ0v) is 13.3. The lowest BCUT2D eigenvalue weighted by Crippen LogP contribution is -2.49. The van der Waals surface area contributed by atoms with Gasteiger partial charge in [0, 0.05) is 25.7 Å². The zero-order valence-electron chi connectivity index (χ0n) is 12.5. The highest BCUT2D eigenvalue weighted by molar-refractivity contribution is 7.89. The summed E-state index contributed by atoms with van der Waals surface area (Å²) in [5, 5.41) is 2.84. The molecule has 0 bridgehead atoms. The van der Waals surface area contributed by atoms with Crippen LogP contribution in [0.3, 0.4) is 0 Å². The topological polar surface area (TPSA) is 78.5 Å². The van der Waals surface area contributed by atoms with Gasteiger partial charge < -0.3 is 10.2 Å². The van der Waals surface area contributed by atoms with Gasteiger partial charge >= 0.3 is 6.03 Å². The molecule has 1 saturated heterocycles. The summed E-state index contributed by atoms with van der Waals surface area (Å²) < 4.78 is 26.4. The molecule has 0 aliphatic carbocycles. The number of sulfonamides is 1. The van der Waals surface area contributed by atoms with E-state index in [4.69, 9.17) is 0 Å². The number of nitrogens with one attached hydrogen (secondary N) is 2. The number of rotatable bonds is 7. The SMILES string of the molecule is CCCCS(=O)(=O)NC1CCN(C(=O)NCCC)CC1. The van der Waals surface area contributed by atoms with E-state index in [-0.39, 0.29) is 17.8 Å². The van der Waals surface area contributed by atoms with Crippen LogP contribution in [0, 0.1) is 0 Å². The molecule has 0 atom stereocenters. The normalized spacial score (nSPS) is 17.2. The summed E-state index contributed by atoms with van der Waals surface area (Å²) in [6.07, 6.45) is 3.85. The predicted molar refractivity (Wildman–Crippen MR) is 80.1 cm³/mol. The van der Waals surface area contributed by atoms with Gasteiger partial charge in [0.1, 0.15) is 0 Å². The van der Waals surface area contributed by atoms with Gasteiger partial charge in [0.15, 0.2) is 0 Å². The van der Waals surface area contributed by atoms with Crippen molar-refractivity contribution in [2.24, 2.45) is 0 Å². The summed E-state index contributed by atoms with van der Waals surface area (Å²) in [6.45, 7) is 5.88. The van der Waals surface area contributed by atoms with E-state index in [9.17, 15) is 13.2 Å². The standard InChI is InChI=1S/C13H27N3O3S/c1-3-5-11-20(18,19)15-12-6-9-16(10-7-12)13(17)14-8-4-2/h12,15H,3-11H2,1-2H3,(H,14,17). The molecular formula is C13H27N3O3S. The van der Waals surface area contributed by atoms with Gasteiger partial charge in [-0.1, -0.05) is 20.3 Å². The Morgan fingerprint density at radius 2 is 1.85 bits per heavy atom. The highest BCUT2D eigenvalue weighted by Gasteiger charge is 2.25. The molecule has 0 unspecified atom stereocenters. The van der Waals surface area contributed by atoms with E-state index in [0.29, 0.717) is 38.9 Å². The number of carbonyl (C=O) groups excluding carboxylic acids is 1. The van der Waals surface area contributed by atoms with Gasteiger partial charge in [-0.25, -0.2) is 17.9 Å². The molecule has 0 saturated carbocycles. The summed E-state index contributed by atoms with van der Waals surface area (Å²) in [5.41, 5.74) is 0. The number of hydrogen-bond acceptors (Lipinski definition) is 3.